The van der Waals surface area contributed by atoms with Crippen molar-refractivity contribution in [1.29, 1.82) is 0 Å². The van der Waals surface area contributed by atoms with Crippen LogP contribution in [0, 0.1) is 0 Å². The van der Waals surface area contributed by atoms with Crippen molar-refractivity contribution in [2.75, 3.05) is 13.2 Å². The number of hydrogen-bond donors (Lipinski definition) is 1. The van der Waals surface area contributed by atoms with Crippen LogP contribution in [0.1, 0.15) is 30.0 Å². The number of hydrogen-bond acceptors (Lipinski definition) is 5. The molecule has 28 heavy (non-hydrogen) atoms. The molecular formula is C21H23N3O3S. The third-order valence-electron chi connectivity index (χ3n) is 4.93. The minimum absolute atomic E-state index is 0.0206. The van der Waals surface area contributed by atoms with E-state index < -0.39 is 0 Å². The first kappa shape index (κ1) is 18.7. The molecule has 0 aliphatic carbocycles. The summed E-state index contributed by atoms with van der Waals surface area (Å²) in [5.74, 6) is 1.20. The molecule has 6 nitrogen and oxygen atoms in total. The van der Waals surface area contributed by atoms with Crippen LogP contribution in [0.25, 0.3) is 10.9 Å². The van der Waals surface area contributed by atoms with Crippen LogP contribution in [0.5, 0.6) is 5.75 Å². The van der Waals surface area contributed by atoms with Crippen molar-refractivity contribution in [2.45, 2.75) is 38.6 Å². The second-order valence-corrected chi connectivity index (χ2v) is 7.97. The fourth-order valence-corrected chi connectivity index (χ4v) is 4.18. The molecule has 1 aliphatic heterocycles. The molecule has 1 N–H and O–H groups in total. The van der Waals surface area contributed by atoms with E-state index in [0.717, 1.165) is 44.5 Å². The smallest absolute Gasteiger partial charge is 0.261 e. The van der Waals surface area contributed by atoms with Crippen LogP contribution >= 0.6 is 11.3 Å². The number of amides is 1. The summed E-state index contributed by atoms with van der Waals surface area (Å²) in [6, 6.07) is 9.31. The first-order valence-corrected chi connectivity index (χ1v) is 10.5. The molecule has 0 atom stereocenters. The average molecular weight is 398 g/mol. The molecule has 146 valence electrons. The van der Waals surface area contributed by atoms with E-state index in [1.165, 1.54) is 4.88 Å². The molecule has 7 heteroatoms. The number of carbonyl (C=O) groups is 1. The second kappa shape index (κ2) is 8.56. The monoisotopic (exact) mass is 397 g/mol. The number of thiophene rings is 1. The Bertz CT molecular complexity index is 1030. The van der Waals surface area contributed by atoms with Crippen molar-refractivity contribution >= 4 is 28.1 Å². The standard InChI is InChI=1S/C21H23N3O3S/c25-20(22-10-9-16-5-4-12-28-16)14-27-15-7-8-18-17(13-15)21(26)24-11-3-1-2-6-19(24)23-18/h4-5,7-8,12-13H,1-3,6,9-11,14H2,(H,22,25). The predicted molar refractivity (Wildman–Crippen MR) is 110 cm³/mol. The lowest BCUT2D eigenvalue weighted by atomic mass is 10.2. The minimum Gasteiger partial charge on any atom is -0.484 e. The molecule has 3 heterocycles. The van der Waals surface area contributed by atoms with E-state index in [1.54, 1.807) is 34.1 Å². The number of aromatic nitrogens is 2. The molecule has 0 unspecified atom stereocenters. The largest absolute Gasteiger partial charge is 0.484 e. The van der Waals surface area contributed by atoms with Crippen molar-refractivity contribution in [3.8, 4) is 5.75 Å². The molecule has 1 aliphatic rings. The van der Waals surface area contributed by atoms with Gasteiger partial charge < -0.3 is 10.1 Å². The molecule has 3 aromatic rings. The van der Waals surface area contributed by atoms with E-state index >= 15 is 0 Å². The van der Waals surface area contributed by atoms with E-state index in [2.05, 4.69) is 16.4 Å². The summed E-state index contributed by atoms with van der Waals surface area (Å²) < 4.78 is 7.39. The van der Waals surface area contributed by atoms with Gasteiger partial charge in [0, 0.05) is 24.4 Å². The highest BCUT2D eigenvalue weighted by molar-refractivity contribution is 7.09. The molecule has 0 saturated heterocycles. The molecule has 1 aromatic carbocycles. The minimum atomic E-state index is -0.173. The third kappa shape index (κ3) is 4.25. The van der Waals surface area contributed by atoms with Crippen LogP contribution in [-0.4, -0.2) is 28.6 Å². The summed E-state index contributed by atoms with van der Waals surface area (Å²) in [7, 11) is 0. The number of ether oxygens (including phenoxy) is 1. The number of carbonyl (C=O) groups excluding carboxylic acids is 1. The van der Waals surface area contributed by atoms with Gasteiger partial charge in [-0.15, -0.1) is 11.3 Å². The second-order valence-electron chi connectivity index (χ2n) is 6.94. The van der Waals surface area contributed by atoms with E-state index in [4.69, 9.17) is 4.74 Å². The number of aryl methyl sites for hydroxylation is 1. The molecule has 0 fully saturated rings. The highest BCUT2D eigenvalue weighted by Crippen LogP contribution is 2.19. The SMILES string of the molecule is O=C(COc1ccc2nc3n(c(=O)c2c1)CCCCC3)NCCc1cccs1. The number of rotatable bonds is 6. The Labute approximate surface area is 167 Å². The van der Waals surface area contributed by atoms with E-state index in [1.807, 2.05) is 11.4 Å². The maximum absolute atomic E-state index is 12.9. The van der Waals surface area contributed by atoms with E-state index in [0.29, 0.717) is 23.2 Å². The van der Waals surface area contributed by atoms with Crippen molar-refractivity contribution in [3.63, 3.8) is 0 Å². The Morgan fingerprint density at radius 2 is 2.18 bits per heavy atom. The normalized spacial score (nSPS) is 13.7. The van der Waals surface area contributed by atoms with E-state index in [-0.39, 0.29) is 18.1 Å². The molecule has 0 saturated carbocycles. The zero-order valence-electron chi connectivity index (χ0n) is 15.6. The Balaban J connectivity index is 1.41. The fraction of sp³-hybridized carbons (Fsp3) is 0.381. The number of benzene rings is 1. The van der Waals surface area contributed by atoms with Crippen LogP contribution in [0.4, 0.5) is 0 Å². The summed E-state index contributed by atoms with van der Waals surface area (Å²) in [5, 5.41) is 5.42. The van der Waals surface area contributed by atoms with Gasteiger partial charge in [0.15, 0.2) is 6.61 Å². The first-order valence-electron chi connectivity index (χ1n) is 9.66. The number of fused-ring (bicyclic) bond motifs is 2. The fourth-order valence-electron chi connectivity index (χ4n) is 3.47. The first-order chi connectivity index (χ1) is 13.7. The molecule has 0 radical (unpaired) electrons. The van der Waals surface area contributed by atoms with Gasteiger partial charge in [0.2, 0.25) is 0 Å². The summed E-state index contributed by atoms with van der Waals surface area (Å²) in [6.07, 6.45) is 4.85. The average Bonchev–Trinajstić information content (AvgIpc) is 3.10. The summed E-state index contributed by atoms with van der Waals surface area (Å²) in [5.41, 5.74) is 0.665. The highest BCUT2D eigenvalue weighted by Gasteiger charge is 2.14. The van der Waals surface area contributed by atoms with Crippen LogP contribution in [0.15, 0.2) is 40.5 Å². The van der Waals surface area contributed by atoms with Gasteiger partial charge >= 0.3 is 0 Å². The van der Waals surface area contributed by atoms with Crippen molar-refractivity contribution in [2.24, 2.45) is 0 Å². The summed E-state index contributed by atoms with van der Waals surface area (Å²) >= 11 is 1.68. The topological polar surface area (TPSA) is 73.2 Å². The van der Waals surface area contributed by atoms with Crippen molar-refractivity contribution < 1.29 is 9.53 Å². The van der Waals surface area contributed by atoms with Gasteiger partial charge in [-0.25, -0.2) is 4.98 Å². The quantitative estimate of drug-likeness (QED) is 0.694. The lowest BCUT2D eigenvalue weighted by Crippen LogP contribution is -2.30. The van der Waals surface area contributed by atoms with Crippen LogP contribution in [0.2, 0.25) is 0 Å². The third-order valence-corrected chi connectivity index (χ3v) is 5.87. The van der Waals surface area contributed by atoms with Crippen molar-refractivity contribution in [1.82, 2.24) is 14.9 Å². The lowest BCUT2D eigenvalue weighted by Gasteiger charge is -2.11. The Morgan fingerprint density at radius 1 is 1.25 bits per heavy atom. The Hall–Kier alpha value is -2.67. The van der Waals surface area contributed by atoms with Gasteiger partial charge in [0.25, 0.3) is 11.5 Å². The molecule has 1 amide bonds. The maximum atomic E-state index is 12.9. The molecule has 0 bridgehead atoms. The van der Waals surface area contributed by atoms with Gasteiger partial charge in [-0.3, -0.25) is 14.2 Å². The van der Waals surface area contributed by atoms with Crippen LogP contribution < -0.4 is 15.6 Å². The number of nitrogens with one attached hydrogen (secondary N) is 1. The van der Waals surface area contributed by atoms with Gasteiger partial charge in [0.05, 0.1) is 10.9 Å². The molecule has 2 aromatic heterocycles. The van der Waals surface area contributed by atoms with Crippen LogP contribution in [-0.2, 0) is 24.2 Å². The summed E-state index contributed by atoms with van der Waals surface area (Å²) in [6.45, 7) is 1.22. The van der Waals surface area contributed by atoms with E-state index in [9.17, 15) is 9.59 Å². The zero-order valence-corrected chi connectivity index (χ0v) is 16.5. The van der Waals surface area contributed by atoms with Crippen molar-refractivity contribution in [3.05, 3.63) is 56.8 Å². The van der Waals surface area contributed by atoms with Gasteiger partial charge in [-0.05, 0) is 48.9 Å². The van der Waals surface area contributed by atoms with Crippen LogP contribution in [0.3, 0.4) is 0 Å². The van der Waals surface area contributed by atoms with Gasteiger partial charge in [-0.1, -0.05) is 12.5 Å². The molecular weight excluding hydrogens is 374 g/mol. The Kier molecular flexibility index (Phi) is 5.71. The maximum Gasteiger partial charge on any atom is 0.261 e. The lowest BCUT2D eigenvalue weighted by molar-refractivity contribution is -0.123. The molecule has 0 spiro atoms. The van der Waals surface area contributed by atoms with Gasteiger partial charge in [-0.2, -0.15) is 0 Å². The number of nitrogens with zero attached hydrogens (tertiary/aromatic N) is 2. The molecule has 4 rings (SSSR count). The highest BCUT2D eigenvalue weighted by atomic mass is 32.1. The summed E-state index contributed by atoms with van der Waals surface area (Å²) in [4.78, 5) is 30.8. The van der Waals surface area contributed by atoms with Gasteiger partial charge in [0.1, 0.15) is 11.6 Å². The zero-order chi connectivity index (χ0) is 19.3. The Morgan fingerprint density at radius 3 is 3.04 bits per heavy atom. The predicted octanol–water partition coefficient (Wildman–Crippen LogP) is 2.92.